The first-order valence-electron chi connectivity index (χ1n) is 10.9. The maximum absolute atomic E-state index is 12.5. The first-order chi connectivity index (χ1) is 15.5. The zero-order valence-corrected chi connectivity index (χ0v) is 19.0. The van der Waals surface area contributed by atoms with Gasteiger partial charge in [-0.25, -0.2) is 0 Å². The van der Waals surface area contributed by atoms with E-state index in [0.717, 1.165) is 29.2 Å². The lowest BCUT2D eigenvalue weighted by atomic mass is 10.1. The molecule has 1 saturated heterocycles. The maximum Gasteiger partial charge on any atom is 0.244 e. The average Bonchev–Trinajstić information content (AvgIpc) is 3.52. The lowest BCUT2D eigenvalue weighted by Gasteiger charge is -2.16. The Morgan fingerprint density at radius 3 is 2.59 bits per heavy atom. The van der Waals surface area contributed by atoms with Gasteiger partial charge in [-0.15, -0.1) is 10.2 Å². The van der Waals surface area contributed by atoms with Crippen LogP contribution in [0.25, 0.3) is 22.0 Å². The second-order valence-electron chi connectivity index (χ2n) is 8.54. The monoisotopic (exact) mass is 474 g/mol. The average molecular weight is 475 g/mol. The second kappa shape index (κ2) is 8.84. The molecular weight excluding hydrogens is 451 g/mol. The molecule has 1 atom stereocenters. The number of carbonyl (C=O) groups is 1. The van der Waals surface area contributed by atoms with E-state index in [9.17, 15) is 9.90 Å². The Morgan fingerprint density at radius 1 is 1.12 bits per heavy atom. The molecule has 0 radical (unpaired) electrons. The number of aliphatic hydroxyl groups excluding tert-OH is 1. The van der Waals surface area contributed by atoms with E-state index in [1.165, 1.54) is 12.8 Å². The minimum Gasteiger partial charge on any atom is -0.391 e. The van der Waals surface area contributed by atoms with Crippen LogP contribution in [0.5, 0.6) is 0 Å². The molecule has 1 aliphatic carbocycles. The minimum atomic E-state index is -0.443. The van der Waals surface area contributed by atoms with Gasteiger partial charge in [0, 0.05) is 41.7 Å². The molecule has 2 N–H and O–H groups in total. The number of halogens is 2. The summed E-state index contributed by atoms with van der Waals surface area (Å²) >= 11 is 12.7. The van der Waals surface area contributed by atoms with Gasteiger partial charge in [0.2, 0.25) is 5.91 Å². The Bertz CT molecular complexity index is 1160. The molecule has 2 aliphatic rings. The summed E-state index contributed by atoms with van der Waals surface area (Å²) in [6, 6.07) is 4.00. The summed E-state index contributed by atoms with van der Waals surface area (Å²) in [7, 11) is 0. The number of fused-ring (bicyclic) bond motifs is 1. The van der Waals surface area contributed by atoms with E-state index >= 15 is 0 Å². The number of nitrogens with one attached hydrogen (secondary N) is 1. The van der Waals surface area contributed by atoms with Gasteiger partial charge in [-0.05, 0) is 31.4 Å². The number of carbonyl (C=O) groups excluding carboxylic acids is 1. The first-order valence-corrected chi connectivity index (χ1v) is 11.6. The predicted octanol–water partition coefficient (Wildman–Crippen LogP) is 3.75. The van der Waals surface area contributed by atoms with Gasteiger partial charge in [0.1, 0.15) is 12.2 Å². The van der Waals surface area contributed by atoms with Crippen molar-refractivity contribution >= 4 is 45.7 Å². The highest BCUT2D eigenvalue weighted by Crippen LogP contribution is 2.36. The molecule has 3 heterocycles. The highest BCUT2D eigenvalue weighted by Gasteiger charge is 2.25. The van der Waals surface area contributed by atoms with Crippen LogP contribution in [0.15, 0.2) is 24.5 Å². The van der Waals surface area contributed by atoms with Gasteiger partial charge >= 0.3 is 0 Å². The Morgan fingerprint density at radius 2 is 1.88 bits per heavy atom. The molecule has 1 unspecified atom stereocenters. The van der Waals surface area contributed by atoms with Crippen LogP contribution in [-0.2, 0) is 11.3 Å². The molecule has 1 aliphatic heterocycles. The van der Waals surface area contributed by atoms with Crippen LogP contribution in [-0.4, -0.2) is 61.1 Å². The van der Waals surface area contributed by atoms with Gasteiger partial charge in [0.05, 0.1) is 22.3 Å². The van der Waals surface area contributed by atoms with Gasteiger partial charge in [-0.3, -0.25) is 9.48 Å². The van der Waals surface area contributed by atoms with E-state index < -0.39 is 6.10 Å². The van der Waals surface area contributed by atoms with E-state index in [-0.39, 0.29) is 12.5 Å². The van der Waals surface area contributed by atoms with Crippen molar-refractivity contribution < 1.29 is 9.90 Å². The fourth-order valence-corrected chi connectivity index (χ4v) is 4.84. The maximum atomic E-state index is 12.5. The number of likely N-dealkylation sites (tertiary alicyclic amines) is 1. The van der Waals surface area contributed by atoms with Crippen molar-refractivity contribution in [3.63, 3.8) is 0 Å². The lowest BCUT2D eigenvalue weighted by Crippen LogP contribution is -2.32. The largest absolute Gasteiger partial charge is 0.391 e. The van der Waals surface area contributed by atoms with Gasteiger partial charge in [-0.2, -0.15) is 5.10 Å². The number of amides is 1. The molecule has 2 fully saturated rings. The van der Waals surface area contributed by atoms with E-state index in [2.05, 4.69) is 20.6 Å². The number of benzene rings is 1. The van der Waals surface area contributed by atoms with Gasteiger partial charge < -0.3 is 15.3 Å². The van der Waals surface area contributed by atoms with Crippen LogP contribution in [0, 0.1) is 0 Å². The van der Waals surface area contributed by atoms with Crippen LogP contribution in [0.1, 0.15) is 32.1 Å². The van der Waals surface area contributed by atoms with E-state index in [0.29, 0.717) is 47.1 Å². The molecular formula is C22H24Cl2N6O2. The fraction of sp³-hybridized carbons (Fsp3) is 0.455. The Kier molecular flexibility index (Phi) is 5.92. The number of hydrogen-bond acceptors (Lipinski definition) is 6. The molecule has 1 saturated carbocycles. The summed E-state index contributed by atoms with van der Waals surface area (Å²) in [5.74, 6) is 0.627. The molecule has 0 spiro atoms. The topological polar surface area (TPSA) is 96.2 Å². The van der Waals surface area contributed by atoms with Crippen molar-refractivity contribution in [2.45, 2.75) is 50.8 Å². The number of hydrogen-bond donors (Lipinski definition) is 2. The third kappa shape index (κ3) is 4.27. The predicted molar refractivity (Wildman–Crippen MR) is 124 cm³/mol. The van der Waals surface area contributed by atoms with Crippen LogP contribution < -0.4 is 5.32 Å². The van der Waals surface area contributed by atoms with Crippen LogP contribution in [0.2, 0.25) is 10.0 Å². The van der Waals surface area contributed by atoms with Gasteiger partial charge in [0.15, 0.2) is 5.82 Å². The number of anilines is 1. The van der Waals surface area contributed by atoms with E-state index in [1.807, 2.05) is 6.07 Å². The summed E-state index contributed by atoms with van der Waals surface area (Å²) < 4.78 is 1.58. The molecule has 8 nitrogen and oxygen atoms in total. The number of β-amino-alcohol motifs (C(OH)–C–C–N with tert-alkyl or cyclic N) is 1. The first kappa shape index (κ1) is 21.4. The van der Waals surface area contributed by atoms with Crippen molar-refractivity contribution in [2.24, 2.45) is 0 Å². The van der Waals surface area contributed by atoms with Gasteiger partial charge in [-0.1, -0.05) is 36.0 Å². The summed E-state index contributed by atoms with van der Waals surface area (Å²) in [6.07, 6.45) is 8.26. The van der Waals surface area contributed by atoms with Crippen molar-refractivity contribution in [1.29, 1.82) is 0 Å². The third-order valence-electron chi connectivity index (χ3n) is 6.24. The molecule has 2 aromatic heterocycles. The fourth-order valence-electron chi connectivity index (χ4n) is 4.51. The zero-order chi connectivity index (χ0) is 22.2. The summed E-state index contributed by atoms with van der Waals surface area (Å²) in [6.45, 7) is 1.04. The smallest absolute Gasteiger partial charge is 0.244 e. The normalized spacial score (nSPS) is 19.2. The molecule has 5 rings (SSSR count). The van der Waals surface area contributed by atoms with E-state index in [1.54, 1.807) is 28.0 Å². The molecule has 168 valence electrons. The Labute approximate surface area is 195 Å². The number of nitrogens with zero attached hydrogens (tertiary/aromatic N) is 5. The highest BCUT2D eigenvalue weighted by molar-refractivity contribution is 6.43. The zero-order valence-electron chi connectivity index (χ0n) is 17.5. The second-order valence-corrected chi connectivity index (χ2v) is 9.36. The van der Waals surface area contributed by atoms with E-state index in [4.69, 9.17) is 23.2 Å². The highest BCUT2D eigenvalue weighted by atomic mass is 35.5. The summed E-state index contributed by atoms with van der Waals surface area (Å²) in [5.41, 5.74) is 1.37. The quantitative estimate of drug-likeness (QED) is 0.584. The van der Waals surface area contributed by atoms with Crippen molar-refractivity contribution in [3.05, 3.63) is 34.6 Å². The van der Waals surface area contributed by atoms with Crippen LogP contribution in [0.4, 0.5) is 5.82 Å². The number of rotatable bonds is 5. The molecule has 10 heteroatoms. The number of aliphatic hydroxyl groups is 1. The Hall–Kier alpha value is -2.42. The number of aromatic nitrogens is 4. The molecule has 1 aromatic carbocycles. The minimum absolute atomic E-state index is 0.0712. The molecule has 1 amide bonds. The van der Waals surface area contributed by atoms with Crippen molar-refractivity contribution in [1.82, 2.24) is 24.9 Å². The lowest BCUT2D eigenvalue weighted by molar-refractivity contribution is -0.131. The summed E-state index contributed by atoms with van der Waals surface area (Å²) in [5, 5.41) is 29.0. The Balaban J connectivity index is 1.45. The van der Waals surface area contributed by atoms with Crippen LogP contribution in [0.3, 0.4) is 0 Å². The van der Waals surface area contributed by atoms with Crippen molar-refractivity contribution in [2.75, 3.05) is 18.4 Å². The van der Waals surface area contributed by atoms with Gasteiger partial charge in [0.25, 0.3) is 0 Å². The van der Waals surface area contributed by atoms with Crippen molar-refractivity contribution in [3.8, 4) is 11.3 Å². The summed E-state index contributed by atoms with van der Waals surface area (Å²) in [4.78, 5) is 14.2. The third-order valence-corrected chi connectivity index (χ3v) is 6.96. The molecule has 3 aromatic rings. The molecule has 32 heavy (non-hydrogen) atoms. The van der Waals surface area contributed by atoms with Crippen LogP contribution >= 0.6 is 23.2 Å². The molecule has 0 bridgehead atoms. The standard InChI is InChI=1S/C22H24Cl2N6O2/c23-18-7-16-17(8-19(18)24)22(26-14-3-1-2-4-14)28-27-21(16)13-9-25-30(10-13)12-20(32)29-6-5-15(31)11-29/h7-10,14-15,31H,1-6,11-12H2,(H,26,28). The SMILES string of the molecule is O=C(Cn1cc(-c2nnc(NC3CCCC3)c3cc(Cl)c(Cl)cc23)cn1)N1CCC(O)C1.